The van der Waals surface area contributed by atoms with Gasteiger partial charge in [-0.2, -0.15) is 0 Å². The van der Waals surface area contributed by atoms with E-state index < -0.39 is 6.09 Å². The van der Waals surface area contributed by atoms with Crippen LogP contribution in [0, 0.1) is 13.8 Å². The van der Waals surface area contributed by atoms with Crippen LogP contribution in [0.3, 0.4) is 0 Å². The minimum absolute atomic E-state index is 0.295. The third-order valence-corrected chi connectivity index (χ3v) is 4.22. The first kappa shape index (κ1) is 16.6. The Morgan fingerprint density at radius 3 is 2.24 bits per heavy atom. The summed E-state index contributed by atoms with van der Waals surface area (Å²) in [5.74, 6) is 0. The highest BCUT2D eigenvalue weighted by atomic mass is 16.4. The van der Waals surface area contributed by atoms with Crippen molar-refractivity contribution in [1.82, 2.24) is 9.97 Å². The molecule has 1 amide bonds. The Morgan fingerprint density at radius 1 is 0.960 bits per heavy atom. The topological polar surface area (TPSA) is 66.3 Å². The van der Waals surface area contributed by atoms with Crippen LogP contribution in [0.25, 0.3) is 11.1 Å². The lowest BCUT2D eigenvalue weighted by Gasteiger charge is -2.20. The molecule has 0 saturated heterocycles. The maximum Gasteiger partial charge on any atom is 0.412 e. The Kier molecular flexibility index (Phi) is 4.75. The fourth-order valence-corrected chi connectivity index (χ4v) is 2.60. The van der Waals surface area contributed by atoms with Crippen LogP contribution in [0.5, 0.6) is 0 Å². The summed E-state index contributed by atoms with van der Waals surface area (Å²) in [6.07, 6.45) is 4.02. The van der Waals surface area contributed by atoms with Crippen molar-refractivity contribution < 1.29 is 9.90 Å². The van der Waals surface area contributed by atoms with Crippen molar-refractivity contribution in [2.24, 2.45) is 0 Å². The van der Waals surface area contributed by atoms with E-state index in [1.165, 1.54) is 11.2 Å². The van der Waals surface area contributed by atoms with E-state index in [-0.39, 0.29) is 0 Å². The minimum atomic E-state index is -0.969. The SMILES string of the molecule is Cc1ccc(N(Cc2ccc(-c3cncnc3)cc2)C(=O)O)cc1C. The third-order valence-electron chi connectivity index (χ3n) is 4.22. The maximum absolute atomic E-state index is 11.7. The van der Waals surface area contributed by atoms with Gasteiger partial charge in [0.2, 0.25) is 0 Å². The van der Waals surface area contributed by atoms with E-state index in [9.17, 15) is 9.90 Å². The molecule has 1 N–H and O–H groups in total. The fourth-order valence-electron chi connectivity index (χ4n) is 2.60. The van der Waals surface area contributed by atoms with Crippen molar-refractivity contribution in [2.75, 3.05) is 4.90 Å². The predicted octanol–water partition coefficient (Wildman–Crippen LogP) is 4.45. The van der Waals surface area contributed by atoms with Crippen LogP contribution in [0.2, 0.25) is 0 Å². The lowest BCUT2D eigenvalue weighted by molar-refractivity contribution is 0.201. The van der Waals surface area contributed by atoms with E-state index in [0.29, 0.717) is 12.2 Å². The Bertz CT molecular complexity index is 877. The van der Waals surface area contributed by atoms with E-state index in [2.05, 4.69) is 9.97 Å². The predicted molar refractivity (Wildman–Crippen MR) is 97.6 cm³/mol. The van der Waals surface area contributed by atoms with E-state index >= 15 is 0 Å². The van der Waals surface area contributed by atoms with E-state index in [0.717, 1.165) is 27.8 Å². The van der Waals surface area contributed by atoms with Gasteiger partial charge >= 0.3 is 6.09 Å². The van der Waals surface area contributed by atoms with Gasteiger partial charge in [0.25, 0.3) is 0 Å². The summed E-state index contributed by atoms with van der Waals surface area (Å²) in [6, 6.07) is 13.5. The third kappa shape index (κ3) is 3.83. The number of nitrogens with zero attached hydrogens (tertiary/aromatic N) is 3. The number of carbonyl (C=O) groups is 1. The molecule has 0 aliphatic carbocycles. The zero-order chi connectivity index (χ0) is 17.8. The molecule has 2 aromatic carbocycles. The van der Waals surface area contributed by atoms with E-state index in [1.807, 2.05) is 56.3 Å². The number of hydrogen-bond donors (Lipinski definition) is 1. The van der Waals surface area contributed by atoms with Gasteiger partial charge < -0.3 is 5.11 Å². The minimum Gasteiger partial charge on any atom is -0.465 e. The van der Waals surface area contributed by atoms with Crippen molar-refractivity contribution >= 4 is 11.8 Å². The van der Waals surface area contributed by atoms with Crippen molar-refractivity contribution in [3.05, 3.63) is 77.9 Å². The normalized spacial score (nSPS) is 10.5. The second kappa shape index (κ2) is 7.13. The molecule has 0 aliphatic heterocycles. The summed E-state index contributed by atoms with van der Waals surface area (Å²) in [5, 5.41) is 9.59. The quantitative estimate of drug-likeness (QED) is 0.766. The van der Waals surface area contributed by atoms with Gasteiger partial charge in [0.05, 0.1) is 6.54 Å². The van der Waals surface area contributed by atoms with Crippen LogP contribution in [-0.2, 0) is 6.54 Å². The average molecular weight is 333 g/mol. The van der Waals surface area contributed by atoms with Crippen molar-refractivity contribution in [3.63, 3.8) is 0 Å². The van der Waals surface area contributed by atoms with Crippen molar-refractivity contribution in [1.29, 1.82) is 0 Å². The van der Waals surface area contributed by atoms with Gasteiger partial charge in [0.1, 0.15) is 6.33 Å². The van der Waals surface area contributed by atoms with Crippen molar-refractivity contribution in [3.8, 4) is 11.1 Å². The molecule has 1 heterocycles. The van der Waals surface area contributed by atoms with Crippen LogP contribution in [0.15, 0.2) is 61.2 Å². The molecule has 0 atom stereocenters. The second-order valence-corrected chi connectivity index (χ2v) is 5.96. The molecule has 0 unspecified atom stereocenters. The summed E-state index contributed by atoms with van der Waals surface area (Å²) in [5.41, 5.74) is 5.74. The summed E-state index contributed by atoms with van der Waals surface area (Å²) in [6.45, 7) is 4.29. The highest BCUT2D eigenvalue weighted by Crippen LogP contribution is 2.23. The summed E-state index contributed by atoms with van der Waals surface area (Å²) in [7, 11) is 0. The first-order chi connectivity index (χ1) is 12.0. The van der Waals surface area contributed by atoms with Gasteiger partial charge in [0, 0.05) is 23.6 Å². The lowest BCUT2D eigenvalue weighted by atomic mass is 10.1. The number of carboxylic acid groups (broad SMARTS) is 1. The molecule has 0 spiro atoms. The van der Waals surface area contributed by atoms with Gasteiger partial charge in [-0.05, 0) is 48.2 Å². The first-order valence-electron chi connectivity index (χ1n) is 7.96. The molecule has 0 aliphatic rings. The molecule has 0 radical (unpaired) electrons. The number of anilines is 1. The highest BCUT2D eigenvalue weighted by molar-refractivity contribution is 5.86. The molecule has 0 saturated carbocycles. The molecule has 1 aromatic heterocycles. The second-order valence-electron chi connectivity index (χ2n) is 5.96. The van der Waals surface area contributed by atoms with Gasteiger partial charge in [-0.15, -0.1) is 0 Å². The summed E-state index contributed by atoms with van der Waals surface area (Å²) in [4.78, 5) is 21.1. The smallest absolute Gasteiger partial charge is 0.412 e. The van der Waals surface area contributed by atoms with Crippen LogP contribution in [-0.4, -0.2) is 21.2 Å². The molecular weight excluding hydrogens is 314 g/mol. The monoisotopic (exact) mass is 333 g/mol. The Morgan fingerprint density at radius 2 is 1.64 bits per heavy atom. The molecule has 0 bridgehead atoms. The van der Waals surface area contributed by atoms with Crippen molar-refractivity contribution in [2.45, 2.75) is 20.4 Å². The van der Waals surface area contributed by atoms with E-state index in [1.54, 1.807) is 12.4 Å². The number of rotatable bonds is 4. The first-order valence-corrected chi connectivity index (χ1v) is 7.96. The average Bonchev–Trinajstić information content (AvgIpc) is 2.63. The number of aromatic nitrogens is 2. The Labute approximate surface area is 146 Å². The fraction of sp³-hybridized carbons (Fsp3) is 0.150. The largest absolute Gasteiger partial charge is 0.465 e. The van der Waals surface area contributed by atoms with Crippen LogP contribution < -0.4 is 4.90 Å². The lowest BCUT2D eigenvalue weighted by Crippen LogP contribution is -2.28. The number of aryl methyl sites for hydroxylation is 2. The zero-order valence-electron chi connectivity index (χ0n) is 14.2. The molecule has 3 rings (SSSR count). The molecule has 5 nitrogen and oxygen atoms in total. The Hall–Kier alpha value is -3.21. The standard InChI is InChI=1S/C20H19N3O2/c1-14-3-8-19(9-15(14)2)23(20(24)25)12-16-4-6-17(7-5-16)18-10-21-13-22-11-18/h3-11,13H,12H2,1-2H3,(H,24,25). The van der Waals surface area contributed by atoms with Gasteiger partial charge in [-0.25, -0.2) is 14.8 Å². The number of benzene rings is 2. The highest BCUT2D eigenvalue weighted by Gasteiger charge is 2.15. The molecular formula is C20H19N3O2. The van der Waals surface area contributed by atoms with Crippen LogP contribution in [0.4, 0.5) is 10.5 Å². The molecule has 25 heavy (non-hydrogen) atoms. The van der Waals surface area contributed by atoms with Crippen LogP contribution in [0.1, 0.15) is 16.7 Å². The van der Waals surface area contributed by atoms with E-state index in [4.69, 9.17) is 0 Å². The molecule has 126 valence electrons. The summed E-state index contributed by atoms with van der Waals surface area (Å²) < 4.78 is 0. The van der Waals surface area contributed by atoms with Gasteiger partial charge in [-0.3, -0.25) is 4.90 Å². The molecule has 5 heteroatoms. The zero-order valence-corrected chi connectivity index (χ0v) is 14.2. The summed E-state index contributed by atoms with van der Waals surface area (Å²) >= 11 is 0. The van der Waals surface area contributed by atoms with Gasteiger partial charge in [-0.1, -0.05) is 30.3 Å². The number of amides is 1. The van der Waals surface area contributed by atoms with Gasteiger partial charge in [0.15, 0.2) is 0 Å². The Balaban J connectivity index is 1.83. The molecule has 0 fully saturated rings. The number of hydrogen-bond acceptors (Lipinski definition) is 3. The molecule has 3 aromatic rings. The maximum atomic E-state index is 11.7. The van der Waals surface area contributed by atoms with Crippen LogP contribution >= 0.6 is 0 Å².